The average molecular weight is 225 g/mol. The van der Waals surface area contributed by atoms with Crippen LogP contribution in [0.5, 0.6) is 0 Å². The van der Waals surface area contributed by atoms with E-state index in [1.165, 1.54) is 45.1 Å². The molecule has 96 valence electrons. The van der Waals surface area contributed by atoms with Crippen LogP contribution in [-0.4, -0.2) is 12.6 Å². The standard InChI is InChI=1S/C15H31N/c1-5-12(2)9-14(4)16-11-15-8-6-7-13(3)10-15/h12-16H,5-11H2,1-4H3. The summed E-state index contributed by atoms with van der Waals surface area (Å²) in [6.07, 6.45) is 8.45. The third-order valence-electron chi connectivity index (χ3n) is 4.25. The van der Waals surface area contributed by atoms with E-state index < -0.39 is 0 Å². The first kappa shape index (κ1) is 14.0. The minimum absolute atomic E-state index is 0.701. The second-order valence-electron chi connectivity index (χ2n) is 6.20. The molecule has 1 rings (SSSR count). The molecule has 1 N–H and O–H groups in total. The van der Waals surface area contributed by atoms with Crippen molar-refractivity contribution in [2.45, 2.75) is 72.3 Å². The van der Waals surface area contributed by atoms with Gasteiger partial charge in [-0.05, 0) is 50.5 Å². The van der Waals surface area contributed by atoms with Gasteiger partial charge in [-0.2, -0.15) is 0 Å². The van der Waals surface area contributed by atoms with Crippen molar-refractivity contribution in [1.29, 1.82) is 0 Å². The Morgan fingerprint density at radius 1 is 1.25 bits per heavy atom. The highest BCUT2D eigenvalue weighted by molar-refractivity contribution is 4.74. The maximum Gasteiger partial charge on any atom is 0.00413 e. The van der Waals surface area contributed by atoms with E-state index in [4.69, 9.17) is 0 Å². The Morgan fingerprint density at radius 3 is 2.62 bits per heavy atom. The van der Waals surface area contributed by atoms with Gasteiger partial charge in [-0.3, -0.25) is 0 Å². The summed E-state index contributed by atoms with van der Waals surface area (Å²) in [6, 6.07) is 0.701. The van der Waals surface area contributed by atoms with Gasteiger partial charge in [-0.15, -0.1) is 0 Å². The fourth-order valence-corrected chi connectivity index (χ4v) is 2.97. The summed E-state index contributed by atoms with van der Waals surface area (Å²) >= 11 is 0. The van der Waals surface area contributed by atoms with Crippen molar-refractivity contribution >= 4 is 0 Å². The molecular formula is C15H31N. The Balaban J connectivity index is 2.13. The SMILES string of the molecule is CCC(C)CC(C)NCC1CCCC(C)C1. The van der Waals surface area contributed by atoms with Gasteiger partial charge in [0, 0.05) is 6.04 Å². The van der Waals surface area contributed by atoms with Crippen LogP contribution in [0.15, 0.2) is 0 Å². The van der Waals surface area contributed by atoms with E-state index in [-0.39, 0.29) is 0 Å². The second-order valence-corrected chi connectivity index (χ2v) is 6.20. The van der Waals surface area contributed by atoms with E-state index in [2.05, 4.69) is 33.0 Å². The van der Waals surface area contributed by atoms with Crippen molar-refractivity contribution in [2.24, 2.45) is 17.8 Å². The summed E-state index contributed by atoms with van der Waals surface area (Å²) in [6.45, 7) is 10.7. The Hall–Kier alpha value is -0.0400. The molecule has 0 bridgehead atoms. The van der Waals surface area contributed by atoms with Gasteiger partial charge < -0.3 is 5.32 Å². The molecule has 0 amide bonds. The highest BCUT2D eigenvalue weighted by atomic mass is 14.9. The molecule has 0 saturated heterocycles. The van der Waals surface area contributed by atoms with Gasteiger partial charge in [0.05, 0.1) is 0 Å². The second kappa shape index (κ2) is 7.32. The molecule has 0 heterocycles. The summed E-state index contributed by atoms with van der Waals surface area (Å²) in [4.78, 5) is 0. The highest BCUT2D eigenvalue weighted by Gasteiger charge is 2.19. The summed E-state index contributed by atoms with van der Waals surface area (Å²) < 4.78 is 0. The zero-order chi connectivity index (χ0) is 12.0. The lowest BCUT2D eigenvalue weighted by Crippen LogP contribution is -2.34. The van der Waals surface area contributed by atoms with Crippen molar-refractivity contribution in [3.05, 3.63) is 0 Å². The average Bonchev–Trinajstić information content (AvgIpc) is 2.26. The van der Waals surface area contributed by atoms with Crippen LogP contribution in [-0.2, 0) is 0 Å². The van der Waals surface area contributed by atoms with Crippen LogP contribution >= 0.6 is 0 Å². The normalized spacial score (nSPS) is 30.0. The molecule has 1 saturated carbocycles. The lowest BCUT2D eigenvalue weighted by atomic mass is 9.82. The maximum absolute atomic E-state index is 3.74. The van der Waals surface area contributed by atoms with Crippen LogP contribution in [0.4, 0.5) is 0 Å². The monoisotopic (exact) mass is 225 g/mol. The minimum atomic E-state index is 0.701. The van der Waals surface area contributed by atoms with Crippen molar-refractivity contribution in [1.82, 2.24) is 5.32 Å². The van der Waals surface area contributed by atoms with Gasteiger partial charge in [0.1, 0.15) is 0 Å². The fraction of sp³-hybridized carbons (Fsp3) is 1.00. The largest absolute Gasteiger partial charge is 0.314 e. The summed E-state index contributed by atoms with van der Waals surface area (Å²) in [5.74, 6) is 2.78. The Morgan fingerprint density at radius 2 is 2.00 bits per heavy atom. The Labute approximate surface area is 102 Å². The number of rotatable bonds is 6. The Bertz CT molecular complexity index is 178. The first-order valence-corrected chi connectivity index (χ1v) is 7.35. The molecular weight excluding hydrogens is 194 g/mol. The van der Waals surface area contributed by atoms with Gasteiger partial charge in [0.15, 0.2) is 0 Å². The van der Waals surface area contributed by atoms with E-state index in [0.717, 1.165) is 17.8 Å². The van der Waals surface area contributed by atoms with E-state index in [1.54, 1.807) is 0 Å². The molecule has 4 unspecified atom stereocenters. The van der Waals surface area contributed by atoms with E-state index in [0.29, 0.717) is 6.04 Å². The van der Waals surface area contributed by atoms with E-state index in [9.17, 15) is 0 Å². The molecule has 0 aromatic rings. The zero-order valence-electron chi connectivity index (χ0n) is 11.8. The number of hydrogen-bond acceptors (Lipinski definition) is 1. The topological polar surface area (TPSA) is 12.0 Å². The molecule has 1 aliphatic rings. The smallest absolute Gasteiger partial charge is 0.00413 e. The molecule has 0 aliphatic heterocycles. The molecule has 1 aliphatic carbocycles. The van der Waals surface area contributed by atoms with Gasteiger partial charge in [-0.1, -0.05) is 40.0 Å². The van der Waals surface area contributed by atoms with Gasteiger partial charge in [-0.25, -0.2) is 0 Å². The molecule has 1 heteroatoms. The predicted octanol–water partition coefficient (Wildman–Crippen LogP) is 4.23. The van der Waals surface area contributed by atoms with E-state index >= 15 is 0 Å². The van der Waals surface area contributed by atoms with Crippen LogP contribution < -0.4 is 5.32 Å². The zero-order valence-corrected chi connectivity index (χ0v) is 11.8. The van der Waals surface area contributed by atoms with Crippen LogP contribution in [0.25, 0.3) is 0 Å². The lowest BCUT2D eigenvalue weighted by molar-refractivity contribution is 0.263. The fourth-order valence-electron chi connectivity index (χ4n) is 2.97. The van der Waals surface area contributed by atoms with Crippen LogP contribution in [0.3, 0.4) is 0 Å². The van der Waals surface area contributed by atoms with Crippen LogP contribution in [0, 0.1) is 17.8 Å². The van der Waals surface area contributed by atoms with Crippen molar-refractivity contribution in [3.8, 4) is 0 Å². The molecule has 0 aromatic heterocycles. The summed E-state index contributed by atoms with van der Waals surface area (Å²) in [5, 5.41) is 3.74. The highest BCUT2D eigenvalue weighted by Crippen LogP contribution is 2.28. The quantitative estimate of drug-likeness (QED) is 0.713. The molecule has 1 nitrogen and oxygen atoms in total. The first-order chi connectivity index (χ1) is 7.61. The van der Waals surface area contributed by atoms with E-state index in [1.807, 2.05) is 0 Å². The Kier molecular flexibility index (Phi) is 6.41. The van der Waals surface area contributed by atoms with Crippen molar-refractivity contribution in [3.63, 3.8) is 0 Å². The summed E-state index contributed by atoms with van der Waals surface area (Å²) in [7, 11) is 0. The summed E-state index contributed by atoms with van der Waals surface area (Å²) in [5.41, 5.74) is 0. The molecule has 0 spiro atoms. The molecule has 0 radical (unpaired) electrons. The third kappa shape index (κ3) is 5.34. The molecule has 4 atom stereocenters. The predicted molar refractivity (Wildman–Crippen MR) is 72.7 cm³/mol. The molecule has 16 heavy (non-hydrogen) atoms. The third-order valence-corrected chi connectivity index (χ3v) is 4.25. The van der Waals surface area contributed by atoms with Gasteiger partial charge in [0.2, 0.25) is 0 Å². The molecule has 1 fully saturated rings. The number of hydrogen-bond donors (Lipinski definition) is 1. The number of nitrogens with one attached hydrogen (secondary N) is 1. The van der Waals surface area contributed by atoms with Crippen LogP contribution in [0.2, 0.25) is 0 Å². The van der Waals surface area contributed by atoms with Gasteiger partial charge in [0.25, 0.3) is 0 Å². The van der Waals surface area contributed by atoms with Gasteiger partial charge >= 0.3 is 0 Å². The molecule has 0 aromatic carbocycles. The maximum atomic E-state index is 3.74. The van der Waals surface area contributed by atoms with Crippen molar-refractivity contribution in [2.75, 3.05) is 6.54 Å². The van der Waals surface area contributed by atoms with Crippen LogP contribution in [0.1, 0.15) is 66.2 Å². The lowest BCUT2D eigenvalue weighted by Gasteiger charge is -2.28. The van der Waals surface area contributed by atoms with Crippen molar-refractivity contribution < 1.29 is 0 Å². The minimum Gasteiger partial charge on any atom is -0.314 e. The first-order valence-electron chi connectivity index (χ1n) is 7.35.